The molecule has 4 rings (SSSR count). The molecule has 34 heavy (non-hydrogen) atoms. The summed E-state index contributed by atoms with van der Waals surface area (Å²) >= 11 is 0.766. The number of sulfonamides is 1. The lowest BCUT2D eigenvalue weighted by Crippen LogP contribution is -2.56. The zero-order valence-electron chi connectivity index (χ0n) is 17.4. The van der Waals surface area contributed by atoms with Gasteiger partial charge in [-0.15, -0.1) is 3.71 Å². The molecule has 182 valence electrons. The normalized spacial score (nSPS) is 23.6. The molecule has 2 aromatic carbocycles. The van der Waals surface area contributed by atoms with E-state index in [9.17, 15) is 36.6 Å². The van der Waals surface area contributed by atoms with Crippen molar-refractivity contribution in [2.24, 2.45) is 5.73 Å². The minimum absolute atomic E-state index is 0.0499. The zero-order valence-corrected chi connectivity index (χ0v) is 19.0. The van der Waals surface area contributed by atoms with Crippen LogP contribution in [0.2, 0.25) is 0 Å². The van der Waals surface area contributed by atoms with Crippen molar-refractivity contribution in [3.8, 4) is 0 Å². The van der Waals surface area contributed by atoms with Gasteiger partial charge in [-0.1, -0.05) is 18.2 Å². The summed E-state index contributed by atoms with van der Waals surface area (Å²) in [6, 6.07) is 10.1. The molecule has 0 saturated carbocycles. The second kappa shape index (κ2) is 8.46. The van der Waals surface area contributed by atoms with Crippen molar-refractivity contribution in [1.29, 1.82) is 0 Å². The van der Waals surface area contributed by atoms with Crippen LogP contribution in [0.15, 0.2) is 70.1 Å². The van der Waals surface area contributed by atoms with Crippen molar-refractivity contribution in [2.75, 3.05) is 11.9 Å². The molecule has 0 radical (unpaired) electrons. The van der Waals surface area contributed by atoms with Gasteiger partial charge in [0.15, 0.2) is 6.23 Å². The van der Waals surface area contributed by atoms with Gasteiger partial charge in [0, 0.05) is 17.6 Å². The Bertz CT molecular complexity index is 1260. The van der Waals surface area contributed by atoms with Gasteiger partial charge < -0.3 is 20.8 Å². The van der Waals surface area contributed by atoms with Crippen LogP contribution in [-0.2, 0) is 14.8 Å². The summed E-state index contributed by atoms with van der Waals surface area (Å²) in [6.07, 6.45) is -8.03. The highest BCUT2D eigenvalue weighted by Crippen LogP contribution is 2.49. The minimum Gasteiger partial charge on any atom is -0.370 e. The maximum Gasteiger partial charge on any atom is 0.431 e. The Morgan fingerprint density at radius 1 is 1.12 bits per heavy atom. The standard InChI is InChI=1S/C20H19F3N4O5S2/c1-25-15(20(21,22)23)10-16(28)26(19(25)30)11-7-8-14-13(9-11)17(18(24)29)27(33-14)34(31,32)12-5-3-2-4-6-12/h2-10,16-17,19,28,30H,1H3,(H2,24,29). The minimum atomic E-state index is -4.80. The molecule has 0 spiro atoms. The van der Waals surface area contributed by atoms with Crippen LogP contribution in [0, 0.1) is 0 Å². The highest BCUT2D eigenvalue weighted by Gasteiger charge is 2.46. The van der Waals surface area contributed by atoms with Gasteiger partial charge in [-0.05, 0) is 53.9 Å². The van der Waals surface area contributed by atoms with Crippen LogP contribution in [-0.4, -0.2) is 59.0 Å². The van der Waals surface area contributed by atoms with Crippen molar-refractivity contribution in [3.63, 3.8) is 0 Å². The van der Waals surface area contributed by atoms with Gasteiger partial charge >= 0.3 is 6.18 Å². The third-order valence-electron chi connectivity index (χ3n) is 5.39. The highest BCUT2D eigenvalue weighted by atomic mass is 32.3. The third kappa shape index (κ3) is 4.01. The van der Waals surface area contributed by atoms with E-state index in [1.165, 1.54) is 42.5 Å². The number of rotatable bonds is 4. The number of benzene rings is 2. The first-order chi connectivity index (χ1) is 15.8. The van der Waals surface area contributed by atoms with Crippen molar-refractivity contribution >= 4 is 33.6 Å². The predicted octanol–water partition coefficient (Wildman–Crippen LogP) is 1.72. The number of nitrogens with two attached hydrogens (primary N) is 1. The number of fused-ring (bicyclic) bond motifs is 1. The van der Waals surface area contributed by atoms with Crippen LogP contribution in [0.5, 0.6) is 0 Å². The molecular formula is C20H19F3N4O5S2. The van der Waals surface area contributed by atoms with Crippen LogP contribution in [0.1, 0.15) is 11.6 Å². The summed E-state index contributed by atoms with van der Waals surface area (Å²) in [6.45, 7) is 0. The van der Waals surface area contributed by atoms with E-state index in [0.717, 1.165) is 27.6 Å². The molecule has 0 aromatic heterocycles. The van der Waals surface area contributed by atoms with Gasteiger partial charge in [0.1, 0.15) is 11.7 Å². The average Bonchev–Trinajstić information content (AvgIpc) is 3.16. The molecule has 14 heteroatoms. The van der Waals surface area contributed by atoms with Gasteiger partial charge in [0.2, 0.25) is 12.3 Å². The van der Waals surface area contributed by atoms with Crippen molar-refractivity contribution in [3.05, 3.63) is 65.9 Å². The summed E-state index contributed by atoms with van der Waals surface area (Å²) in [4.78, 5) is 14.0. The number of aliphatic hydroxyl groups is 2. The van der Waals surface area contributed by atoms with Gasteiger partial charge in [-0.2, -0.15) is 13.2 Å². The molecule has 0 bridgehead atoms. The van der Waals surface area contributed by atoms with E-state index in [-0.39, 0.29) is 16.1 Å². The molecule has 9 nitrogen and oxygen atoms in total. The SMILES string of the molecule is CN1C(C(F)(F)F)=CC(O)N(c2ccc3c(c2)C(C(N)=O)N(S(=O)(=O)c2ccccc2)S3)C1O. The maximum absolute atomic E-state index is 13.2. The summed E-state index contributed by atoms with van der Waals surface area (Å²) in [5.41, 5.74) is 4.53. The first-order valence-corrected chi connectivity index (χ1v) is 11.9. The van der Waals surface area contributed by atoms with Crippen LogP contribution in [0.3, 0.4) is 0 Å². The fourth-order valence-electron chi connectivity index (χ4n) is 3.77. The Labute approximate surface area is 197 Å². The Morgan fingerprint density at radius 3 is 2.35 bits per heavy atom. The van der Waals surface area contributed by atoms with Crippen molar-refractivity contribution in [2.45, 2.75) is 34.6 Å². The van der Waals surface area contributed by atoms with Crippen LogP contribution < -0.4 is 10.6 Å². The van der Waals surface area contributed by atoms with Crippen molar-refractivity contribution < 1.29 is 36.6 Å². The molecule has 3 unspecified atom stereocenters. The Kier molecular flexibility index (Phi) is 6.06. The number of nitrogens with zero attached hydrogens (tertiary/aromatic N) is 3. The van der Waals surface area contributed by atoms with Crippen LogP contribution in [0.4, 0.5) is 18.9 Å². The Balaban J connectivity index is 1.74. The first-order valence-electron chi connectivity index (χ1n) is 9.71. The van der Waals surface area contributed by atoms with E-state index in [2.05, 4.69) is 0 Å². The molecule has 2 heterocycles. The lowest BCUT2D eigenvalue weighted by atomic mass is 10.1. The summed E-state index contributed by atoms with van der Waals surface area (Å²) in [5, 5.41) is 20.9. The largest absolute Gasteiger partial charge is 0.431 e. The number of aliphatic hydroxyl groups excluding tert-OH is 2. The molecular weight excluding hydrogens is 497 g/mol. The van der Waals surface area contributed by atoms with E-state index in [1.54, 1.807) is 6.07 Å². The van der Waals surface area contributed by atoms with Gasteiger partial charge in [-0.3, -0.25) is 9.69 Å². The molecule has 0 aliphatic carbocycles. The smallest absolute Gasteiger partial charge is 0.370 e. The number of carbonyl (C=O) groups is 1. The number of amides is 1. The maximum atomic E-state index is 13.2. The van der Waals surface area contributed by atoms with Crippen molar-refractivity contribution in [1.82, 2.24) is 8.61 Å². The summed E-state index contributed by atoms with van der Waals surface area (Å²) in [7, 11) is -3.15. The van der Waals surface area contributed by atoms with E-state index in [0.29, 0.717) is 15.9 Å². The molecule has 2 aliphatic heterocycles. The first kappa shape index (κ1) is 24.3. The topological polar surface area (TPSA) is 127 Å². The quantitative estimate of drug-likeness (QED) is 0.525. The van der Waals surface area contributed by atoms with E-state index in [1.807, 2.05) is 0 Å². The average molecular weight is 517 g/mol. The molecule has 3 atom stereocenters. The van der Waals surface area contributed by atoms with Crippen LogP contribution in [0.25, 0.3) is 0 Å². The molecule has 1 amide bonds. The number of alkyl halides is 3. The summed E-state index contributed by atoms with van der Waals surface area (Å²) < 4.78 is 66.8. The van der Waals surface area contributed by atoms with Gasteiger partial charge in [-0.25, -0.2) is 8.42 Å². The second-order valence-corrected chi connectivity index (χ2v) is 10.6. The number of halogens is 3. The number of carbonyl (C=O) groups excluding carboxylic acids is 1. The molecule has 4 N–H and O–H groups in total. The third-order valence-corrected chi connectivity index (χ3v) is 8.71. The zero-order chi connectivity index (χ0) is 25.0. The van der Waals surface area contributed by atoms with Crippen LogP contribution >= 0.6 is 11.9 Å². The summed E-state index contributed by atoms with van der Waals surface area (Å²) in [5.74, 6) is -0.973. The number of primary amides is 1. The monoisotopic (exact) mass is 516 g/mol. The van der Waals surface area contributed by atoms with E-state index < -0.39 is 46.4 Å². The van der Waals surface area contributed by atoms with E-state index >= 15 is 0 Å². The number of allylic oxidation sites excluding steroid dienone is 1. The predicted molar refractivity (Wildman–Crippen MR) is 116 cm³/mol. The number of hydrogen-bond acceptors (Lipinski definition) is 8. The Hall–Kier alpha value is -2.78. The number of anilines is 1. The molecule has 0 fully saturated rings. The highest BCUT2D eigenvalue weighted by molar-refractivity contribution is 8.08. The lowest BCUT2D eigenvalue weighted by molar-refractivity contribution is -0.133. The van der Waals surface area contributed by atoms with E-state index in [4.69, 9.17) is 5.73 Å². The fraction of sp³-hybridized carbons (Fsp3) is 0.250. The van der Waals surface area contributed by atoms with Gasteiger partial charge in [0.05, 0.1) is 4.90 Å². The molecule has 2 aliphatic rings. The fourth-order valence-corrected chi connectivity index (χ4v) is 6.78. The Morgan fingerprint density at radius 2 is 1.76 bits per heavy atom. The molecule has 0 saturated heterocycles. The van der Waals surface area contributed by atoms with Gasteiger partial charge in [0.25, 0.3) is 10.0 Å². The lowest BCUT2D eigenvalue weighted by Gasteiger charge is -2.43. The second-order valence-electron chi connectivity index (χ2n) is 7.52. The molecule has 2 aromatic rings. The number of hydrogen-bond donors (Lipinski definition) is 3.